The van der Waals surface area contributed by atoms with Crippen LogP contribution in [0.5, 0.6) is 0 Å². The van der Waals surface area contributed by atoms with Gasteiger partial charge in [-0.15, -0.1) is 0 Å². The first-order chi connectivity index (χ1) is 10.2. The number of rotatable bonds is 2. The van der Waals surface area contributed by atoms with Gasteiger partial charge < -0.3 is 14.6 Å². The predicted octanol–water partition coefficient (Wildman–Crippen LogP) is 2.53. The van der Waals surface area contributed by atoms with Gasteiger partial charge in [-0.25, -0.2) is 0 Å². The Morgan fingerprint density at radius 1 is 1.29 bits per heavy atom. The second-order valence-electron chi connectivity index (χ2n) is 6.19. The number of amides is 1. The molecule has 110 valence electrons. The van der Waals surface area contributed by atoms with Gasteiger partial charge in [0, 0.05) is 36.4 Å². The van der Waals surface area contributed by atoms with Crippen LogP contribution in [-0.4, -0.2) is 40.9 Å². The lowest BCUT2D eigenvalue weighted by atomic mass is 9.96. The lowest BCUT2D eigenvalue weighted by Gasteiger charge is -2.30. The smallest absolute Gasteiger partial charge is 0.251 e. The molecule has 5 heteroatoms. The molecule has 0 aromatic carbocycles. The average molecular weight is 348 g/mol. The highest BCUT2D eigenvalue weighted by Gasteiger charge is 2.32. The Morgan fingerprint density at radius 2 is 2.19 bits per heavy atom. The molecule has 2 aromatic rings. The molecule has 4 rings (SSSR count). The average Bonchev–Trinajstić information content (AvgIpc) is 3.02. The minimum atomic E-state index is 0.0438. The van der Waals surface area contributed by atoms with Crippen molar-refractivity contribution in [3.05, 3.63) is 40.6 Å². The summed E-state index contributed by atoms with van der Waals surface area (Å²) in [5, 5.41) is 3.21. The summed E-state index contributed by atoms with van der Waals surface area (Å²) in [4.78, 5) is 14.9. The Hall–Kier alpha value is -1.33. The minimum Gasteiger partial charge on any atom is -0.348 e. The zero-order valence-corrected chi connectivity index (χ0v) is 13.3. The van der Waals surface area contributed by atoms with Crippen LogP contribution < -0.4 is 5.32 Å². The van der Waals surface area contributed by atoms with Crippen LogP contribution >= 0.6 is 15.9 Å². The van der Waals surface area contributed by atoms with Crippen LogP contribution in [-0.2, 0) is 0 Å². The summed E-state index contributed by atoms with van der Waals surface area (Å²) >= 11 is 3.49. The van der Waals surface area contributed by atoms with Crippen LogP contribution in [0, 0.1) is 5.92 Å². The number of hydrogen-bond acceptors (Lipinski definition) is 2. The molecule has 4 nitrogen and oxygen atoms in total. The minimum absolute atomic E-state index is 0.0438. The number of carbonyl (C=O) groups is 1. The molecular weight excluding hydrogens is 330 g/mol. The topological polar surface area (TPSA) is 36.8 Å². The van der Waals surface area contributed by atoms with Gasteiger partial charge in [0.25, 0.3) is 5.91 Å². The van der Waals surface area contributed by atoms with Crippen LogP contribution in [0.3, 0.4) is 0 Å². The van der Waals surface area contributed by atoms with E-state index in [2.05, 4.69) is 26.1 Å². The van der Waals surface area contributed by atoms with Gasteiger partial charge in [-0.2, -0.15) is 0 Å². The number of piperidine rings is 1. The SMILES string of the molecule is O=C(N[C@@H]1CC2CCN(C2)C1)c1ccn2c(Br)ccc2c1. The van der Waals surface area contributed by atoms with Crippen LogP contribution in [0.4, 0.5) is 0 Å². The van der Waals surface area contributed by atoms with Gasteiger partial charge in [0.05, 0.1) is 4.60 Å². The van der Waals surface area contributed by atoms with Crippen LogP contribution in [0.25, 0.3) is 5.52 Å². The molecule has 2 aromatic heterocycles. The molecule has 1 amide bonds. The van der Waals surface area contributed by atoms with E-state index in [1.807, 2.05) is 34.9 Å². The molecule has 2 aliphatic heterocycles. The molecule has 4 heterocycles. The first kappa shape index (κ1) is 13.3. The summed E-state index contributed by atoms with van der Waals surface area (Å²) in [6, 6.07) is 8.12. The molecule has 0 radical (unpaired) electrons. The van der Waals surface area contributed by atoms with Crippen LogP contribution in [0.2, 0.25) is 0 Å². The predicted molar refractivity (Wildman–Crippen MR) is 85.5 cm³/mol. The van der Waals surface area contributed by atoms with Gasteiger partial charge in [-0.3, -0.25) is 4.79 Å². The molecule has 1 N–H and O–H groups in total. The van der Waals surface area contributed by atoms with Gasteiger partial charge in [-0.1, -0.05) is 0 Å². The first-order valence-corrected chi connectivity index (χ1v) is 8.28. The summed E-state index contributed by atoms with van der Waals surface area (Å²) in [5.74, 6) is 0.815. The number of fused-ring (bicyclic) bond motifs is 3. The number of hydrogen-bond donors (Lipinski definition) is 1. The molecule has 0 saturated carbocycles. The fourth-order valence-electron chi connectivity index (χ4n) is 3.65. The van der Waals surface area contributed by atoms with Crippen molar-refractivity contribution in [2.45, 2.75) is 18.9 Å². The lowest BCUT2D eigenvalue weighted by molar-refractivity contribution is 0.0909. The normalized spacial score (nSPS) is 28.0. The maximum atomic E-state index is 12.4. The van der Waals surface area contributed by atoms with Gasteiger partial charge in [-0.05, 0) is 65.5 Å². The Balaban J connectivity index is 1.50. The molecular formula is C16H18BrN3O. The number of carbonyl (C=O) groups excluding carboxylic acids is 1. The largest absolute Gasteiger partial charge is 0.348 e. The Labute approximate surface area is 132 Å². The zero-order valence-electron chi connectivity index (χ0n) is 11.8. The quantitative estimate of drug-likeness (QED) is 0.906. The summed E-state index contributed by atoms with van der Waals surface area (Å²) in [7, 11) is 0. The zero-order chi connectivity index (χ0) is 14.4. The van der Waals surface area contributed by atoms with E-state index in [4.69, 9.17) is 0 Å². The molecule has 0 spiro atoms. The maximum absolute atomic E-state index is 12.4. The Bertz CT molecular complexity index is 684. The number of nitrogens with zero attached hydrogens (tertiary/aromatic N) is 2. The van der Waals surface area contributed by atoms with Crippen molar-refractivity contribution >= 4 is 27.4 Å². The lowest BCUT2D eigenvalue weighted by Crippen LogP contribution is -2.47. The highest BCUT2D eigenvalue weighted by atomic mass is 79.9. The van der Waals surface area contributed by atoms with E-state index >= 15 is 0 Å². The highest BCUT2D eigenvalue weighted by molar-refractivity contribution is 9.10. The van der Waals surface area contributed by atoms with E-state index in [1.54, 1.807) is 0 Å². The summed E-state index contributed by atoms with van der Waals surface area (Å²) < 4.78 is 3.02. The van der Waals surface area contributed by atoms with Gasteiger partial charge in [0.15, 0.2) is 0 Å². The molecule has 2 unspecified atom stereocenters. The van der Waals surface area contributed by atoms with Crippen molar-refractivity contribution in [1.82, 2.24) is 14.6 Å². The van der Waals surface area contributed by atoms with Crippen LogP contribution in [0.15, 0.2) is 35.1 Å². The molecule has 2 saturated heterocycles. The van der Waals surface area contributed by atoms with Gasteiger partial charge in [0.1, 0.15) is 0 Å². The fourth-order valence-corrected chi connectivity index (χ4v) is 4.10. The molecule has 21 heavy (non-hydrogen) atoms. The van der Waals surface area contributed by atoms with E-state index in [9.17, 15) is 4.79 Å². The van der Waals surface area contributed by atoms with E-state index in [0.717, 1.165) is 34.6 Å². The van der Waals surface area contributed by atoms with Crippen molar-refractivity contribution in [2.24, 2.45) is 5.92 Å². The van der Waals surface area contributed by atoms with Gasteiger partial charge >= 0.3 is 0 Å². The molecule has 3 atom stereocenters. The first-order valence-electron chi connectivity index (χ1n) is 7.49. The summed E-state index contributed by atoms with van der Waals surface area (Å²) in [5.41, 5.74) is 1.77. The van der Waals surface area contributed by atoms with E-state index in [1.165, 1.54) is 19.5 Å². The van der Waals surface area contributed by atoms with E-state index in [-0.39, 0.29) is 5.91 Å². The molecule has 2 aliphatic rings. The fraction of sp³-hybridized carbons (Fsp3) is 0.438. The van der Waals surface area contributed by atoms with E-state index in [0.29, 0.717) is 6.04 Å². The molecule has 2 fully saturated rings. The molecule has 0 aliphatic carbocycles. The van der Waals surface area contributed by atoms with Gasteiger partial charge in [0.2, 0.25) is 0 Å². The summed E-state index contributed by atoms with van der Waals surface area (Å²) in [6.07, 6.45) is 4.35. The number of nitrogens with one attached hydrogen (secondary N) is 1. The number of pyridine rings is 1. The molecule has 2 bridgehead atoms. The third kappa shape index (κ3) is 2.49. The van der Waals surface area contributed by atoms with Crippen molar-refractivity contribution < 1.29 is 4.79 Å². The number of halogens is 1. The monoisotopic (exact) mass is 347 g/mol. The second-order valence-corrected chi connectivity index (χ2v) is 7.00. The maximum Gasteiger partial charge on any atom is 0.251 e. The number of aromatic nitrogens is 1. The third-order valence-corrected chi connectivity index (χ3v) is 5.32. The summed E-state index contributed by atoms with van der Waals surface area (Å²) in [6.45, 7) is 3.42. The van der Waals surface area contributed by atoms with Crippen molar-refractivity contribution in [3.63, 3.8) is 0 Å². The Kier molecular flexibility index (Phi) is 3.27. The van der Waals surface area contributed by atoms with E-state index < -0.39 is 0 Å². The highest BCUT2D eigenvalue weighted by Crippen LogP contribution is 2.27. The third-order valence-electron chi connectivity index (χ3n) is 4.67. The van der Waals surface area contributed by atoms with Crippen LogP contribution in [0.1, 0.15) is 23.2 Å². The Morgan fingerprint density at radius 3 is 3.05 bits per heavy atom. The second kappa shape index (κ2) is 5.14. The van der Waals surface area contributed by atoms with Crippen molar-refractivity contribution in [2.75, 3.05) is 19.6 Å². The van der Waals surface area contributed by atoms with Crippen molar-refractivity contribution in [1.29, 1.82) is 0 Å². The van der Waals surface area contributed by atoms with Crippen molar-refractivity contribution in [3.8, 4) is 0 Å². The standard InChI is InChI=1S/C16H18BrN3O/c17-15-2-1-14-8-12(4-6-20(14)15)16(21)18-13-7-11-3-5-19(9-11)10-13/h1-2,4,6,8,11,13H,3,5,7,9-10H2,(H,18,21)/t11?,13-/m1/s1.